The Morgan fingerprint density at radius 2 is 1.72 bits per heavy atom. The summed E-state index contributed by atoms with van der Waals surface area (Å²) in [6, 6.07) is 8.01. The molecule has 1 aromatic carbocycles. The molecule has 0 aromatic heterocycles. The number of amides is 1. The molecule has 1 aliphatic heterocycles. The maximum atomic E-state index is 12.7. The van der Waals surface area contributed by atoms with E-state index in [1.165, 1.54) is 0 Å². The summed E-state index contributed by atoms with van der Waals surface area (Å²) in [6.07, 6.45) is 0. The molecule has 0 saturated carbocycles. The number of hydrogen-bond donors (Lipinski definition) is 1. The molecule has 1 aliphatic rings. The molecule has 0 aliphatic carbocycles. The first-order valence-electron chi connectivity index (χ1n) is 8.40. The van der Waals surface area contributed by atoms with Gasteiger partial charge in [0.1, 0.15) is 5.41 Å². The highest BCUT2D eigenvalue weighted by Crippen LogP contribution is 2.29. The fraction of sp³-hybridized carbons (Fsp3) is 0.611. The smallest absolute Gasteiger partial charge is 0.251 e. The van der Waals surface area contributed by atoms with E-state index in [0.717, 1.165) is 11.3 Å². The van der Waals surface area contributed by atoms with Gasteiger partial charge >= 0.3 is 0 Å². The van der Waals surface area contributed by atoms with Crippen LogP contribution in [0.5, 0.6) is 0 Å². The van der Waals surface area contributed by atoms with Crippen LogP contribution in [-0.4, -0.2) is 66.3 Å². The highest BCUT2D eigenvalue weighted by atomic mass is 16.5. The van der Waals surface area contributed by atoms with Crippen molar-refractivity contribution >= 4 is 11.6 Å². The average Bonchev–Trinajstić information content (AvgIpc) is 2.93. The second-order valence-corrected chi connectivity index (χ2v) is 6.24. The first-order chi connectivity index (χ1) is 12.1. The summed E-state index contributed by atoms with van der Waals surface area (Å²) in [5.74, 6) is -0.0937. The van der Waals surface area contributed by atoms with Gasteiger partial charge in [-0.3, -0.25) is 15.2 Å². The molecule has 1 fully saturated rings. The van der Waals surface area contributed by atoms with Crippen molar-refractivity contribution in [2.45, 2.75) is 6.92 Å². The number of hydrazine groups is 1. The Morgan fingerprint density at radius 1 is 1.08 bits per heavy atom. The summed E-state index contributed by atoms with van der Waals surface area (Å²) in [7, 11) is 3.24. The van der Waals surface area contributed by atoms with E-state index in [1.54, 1.807) is 14.2 Å². The predicted octanol–water partition coefficient (Wildman–Crippen LogP) is 1.16. The Labute approximate surface area is 149 Å². The van der Waals surface area contributed by atoms with Crippen LogP contribution >= 0.6 is 0 Å². The summed E-state index contributed by atoms with van der Waals surface area (Å²) < 4.78 is 21.3. The van der Waals surface area contributed by atoms with Gasteiger partial charge in [-0.15, -0.1) is 0 Å². The number of rotatable bonds is 11. The molecule has 0 atom stereocenters. The first kappa shape index (κ1) is 19.7. The minimum Gasteiger partial charge on any atom is -0.382 e. The molecule has 7 heteroatoms. The Hall–Kier alpha value is -1.67. The zero-order chi connectivity index (χ0) is 18.1. The highest BCUT2D eigenvalue weighted by molar-refractivity contribution is 5.88. The zero-order valence-electron chi connectivity index (χ0n) is 15.2. The standard InChI is InChI=1S/C18H28N2O5/c1-15-5-4-6-16(11-15)20-12-18(17(21)19-20,13-24-9-7-22-2)14-25-10-8-23-3/h4-6,11H,7-10,12-14H2,1-3H3,(H,19,21). The summed E-state index contributed by atoms with van der Waals surface area (Å²) in [5, 5.41) is 1.86. The van der Waals surface area contributed by atoms with Gasteiger partial charge in [0.15, 0.2) is 0 Å². The molecule has 7 nitrogen and oxygen atoms in total. The molecule has 1 heterocycles. The lowest BCUT2D eigenvalue weighted by Crippen LogP contribution is -2.42. The Morgan fingerprint density at radius 3 is 2.28 bits per heavy atom. The Balaban J connectivity index is 2.06. The van der Waals surface area contributed by atoms with Crippen LogP contribution in [0.15, 0.2) is 24.3 Å². The van der Waals surface area contributed by atoms with Crippen molar-refractivity contribution in [1.82, 2.24) is 5.43 Å². The number of nitrogens with zero attached hydrogens (tertiary/aromatic N) is 1. The summed E-state index contributed by atoms with van der Waals surface area (Å²) in [5.41, 5.74) is 4.27. The maximum Gasteiger partial charge on any atom is 0.251 e. The number of carbonyl (C=O) groups excluding carboxylic acids is 1. The number of benzene rings is 1. The Bertz CT molecular complexity index is 540. The van der Waals surface area contributed by atoms with Gasteiger partial charge in [0.2, 0.25) is 0 Å². The Kier molecular flexibility index (Phi) is 7.64. The number of nitrogens with one attached hydrogen (secondary N) is 1. The first-order valence-corrected chi connectivity index (χ1v) is 8.40. The average molecular weight is 352 g/mol. The molecule has 0 bridgehead atoms. The SMILES string of the molecule is COCCOCC1(COCCOC)CN(c2cccc(C)c2)NC1=O. The van der Waals surface area contributed by atoms with Crippen LogP contribution in [0, 0.1) is 12.3 Å². The molecule has 25 heavy (non-hydrogen) atoms. The van der Waals surface area contributed by atoms with E-state index in [9.17, 15) is 4.79 Å². The number of carbonyl (C=O) groups is 1. The zero-order valence-corrected chi connectivity index (χ0v) is 15.2. The van der Waals surface area contributed by atoms with Crippen LogP contribution in [0.1, 0.15) is 5.56 Å². The lowest BCUT2D eigenvalue weighted by molar-refractivity contribution is -0.135. The van der Waals surface area contributed by atoms with Crippen molar-refractivity contribution in [3.63, 3.8) is 0 Å². The van der Waals surface area contributed by atoms with Gasteiger partial charge in [-0.25, -0.2) is 0 Å². The molecule has 1 amide bonds. The van der Waals surface area contributed by atoms with Crippen molar-refractivity contribution in [1.29, 1.82) is 0 Å². The molecule has 2 rings (SSSR count). The van der Waals surface area contributed by atoms with Crippen molar-refractivity contribution < 1.29 is 23.7 Å². The molecule has 1 aromatic rings. The molecule has 0 spiro atoms. The van der Waals surface area contributed by atoms with Crippen molar-refractivity contribution in [2.75, 3.05) is 65.4 Å². The second kappa shape index (κ2) is 9.72. The monoisotopic (exact) mass is 352 g/mol. The number of aryl methyl sites for hydroxylation is 1. The van der Waals surface area contributed by atoms with E-state index >= 15 is 0 Å². The van der Waals surface area contributed by atoms with Crippen LogP contribution in [0.4, 0.5) is 5.69 Å². The summed E-state index contributed by atoms with van der Waals surface area (Å²) >= 11 is 0. The maximum absolute atomic E-state index is 12.7. The van der Waals surface area contributed by atoms with E-state index in [4.69, 9.17) is 18.9 Å². The van der Waals surface area contributed by atoms with Gasteiger partial charge in [-0.2, -0.15) is 0 Å². The number of methoxy groups -OCH3 is 2. The van der Waals surface area contributed by atoms with Crippen molar-refractivity contribution in [2.24, 2.45) is 5.41 Å². The van der Waals surface area contributed by atoms with E-state index in [0.29, 0.717) is 33.0 Å². The van der Waals surface area contributed by atoms with E-state index < -0.39 is 5.41 Å². The van der Waals surface area contributed by atoms with E-state index in [2.05, 4.69) is 5.43 Å². The predicted molar refractivity (Wildman–Crippen MR) is 94.5 cm³/mol. The fourth-order valence-electron chi connectivity index (χ4n) is 2.69. The quantitative estimate of drug-likeness (QED) is 0.603. The number of ether oxygens (including phenoxy) is 4. The molecule has 140 valence electrons. The molecule has 1 N–H and O–H groups in total. The molecular weight excluding hydrogens is 324 g/mol. The van der Waals surface area contributed by atoms with E-state index in [1.807, 2.05) is 36.2 Å². The number of hydrogen-bond acceptors (Lipinski definition) is 6. The minimum atomic E-state index is -0.759. The topological polar surface area (TPSA) is 69.3 Å². The van der Waals surface area contributed by atoms with Gasteiger partial charge < -0.3 is 18.9 Å². The van der Waals surface area contributed by atoms with Gasteiger partial charge in [0, 0.05) is 14.2 Å². The third kappa shape index (κ3) is 5.40. The highest BCUT2D eigenvalue weighted by Gasteiger charge is 2.47. The minimum absolute atomic E-state index is 0.0937. The fourth-order valence-corrected chi connectivity index (χ4v) is 2.69. The van der Waals surface area contributed by atoms with Gasteiger partial charge in [-0.1, -0.05) is 12.1 Å². The lowest BCUT2D eigenvalue weighted by Gasteiger charge is -2.26. The largest absolute Gasteiger partial charge is 0.382 e. The number of anilines is 1. The van der Waals surface area contributed by atoms with Crippen LogP contribution in [0.2, 0.25) is 0 Å². The third-order valence-corrected chi connectivity index (χ3v) is 4.11. The van der Waals surface area contributed by atoms with Gasteiger partial charge in [0.25, 0.3) is 5.91 Å². The molecule has 0 radical (unpaired) electrons. The van der Waals surface area contributed by atoms with Gasteiger partial charge in [0.05, 0.1) is 51.9 Å². The summed E-state index contributed by atoms with van der Waals surface area (Å²) in [4.78, 5) is 12.7. The second-order valence-electron chi connectivity index (χ2n) is 6.24. The van der Waals surface area contributed by atoms with Crippen molar-refractivity contribution in [3.8, 4) is 0 Å². The van der Waals surface area contributed by atoms with Crippen LogP contribution in [0.3, 0.4) is 0 Å². The van der Waals surface area contributed by atoms with Crippen molar-refractivity contribution in [3.05, 3.63) is 29.8 Å². The molecular formula is C18H28N2O5. The normalized spacial score (nSPS) is 16.3. The van der Waals surface area contributed by atoms with Crippen LogP contribution in [0.25, 0.3) is 0 Å². The summed E-state index contributed by atoms with van der Waals surface area (Å²) in [6.45, 7) is 4.91. The lowest BCUT2D eigenvalue weighted by atomic mass is 9.90. The van der Waals surface area contributed by atoms with E-state index in [-0.39, 0.29) is 19.1 Å². The van der Waals surface area contributed by atoms with Gasteiger partial charge in [-0.05, 0) is 24.6 Å². The van der Waals surface area contributed by atoms with Crippen LogP contribution in [-0.2, 0) is 23.7 Å². The van der Waals surface area contributed by atoms with Crippen LogP contribution < -0.4 is 10.4 Å². The molecule has 1 saturated heterocycles. The molecule has 0 unspecified atom stereocenters. The third-order valence-electron chi connectivity index (χ3n) is 4.11.